The molecule has 2 rings (SSSR count). The van der Waals surface area contributed by atoms with Gasteiger partial charge in [0.2, 0.25) is 0 Å². The zero-order valence-electron chi connectivity index (χ0n) is 11.3. The summed E-state index contributed by atoms with van der Waals surface area (Å²) in [5.41, 5.74) is 7.65. The molecular formula is C17H16FNO. The zero-order valence-corrected chi connectivity index (χ0v) is 11.3. The Balaban J connectivity index is 2.10. The Morgan fingerprint density at radius 1 is 1.20 bits per heavy atom. The maximum atomic E-state index is 13.5. The topological polar surface area (TPSA) is 35.2 Å². The maximum absolute atomic E-state index is 13.5. The number of hydrogen-bond donors (Lipinski definition) is 1. The lowest BCUT2D eigenvalue weighted by Crippen LogP contribution is -1.98. The highest BCUT2D eigenvalue weighted by Gasteiger charge is 2.02. The largest absolute Gasteiger partial charge is 0.489 e. The summed E-state index contributed by atoms with van der Waals surface area (Å²) in [4.78, 5) is 0. The van der Waals surface area contributed by atoms with Gasteiger partial charge >= 0.3 is 0 Å². The molecule has 0 radical (unpaired) electrons. The van der Waals surface area contributed by atoms with Crippen molar-refractivity contribution in [3.8, 4) is 17.6 Å². The fourth-order valence-corrected chi connectivity index (χ4v) is 1.78. The molecule has 0 aromatic heterocycles. The number of halogens is 1. The van der Waals surface area contributed by atoms with Crippen molar-refractivity contribution in [1.82, 2.24) is 0 Å². The Kier molecular flexibility index (Phi) is 4.75. The normalized spacial score (nSPS) is 9.75. The van der Waals surface area contributed by atoms with Gasteiger partial charge in [-0.05, 0) is 42.3 Å². The lowest BCUT2D eigenvalue weighted by atomic mass is 10.1. The molecule has 0 unspecified atom stereocenters. The highest BCUT2D eigenvalue weighted by atomic mass is 19.1. The van der Waals surface area contributed by atoms with Gasteiger partial charge in [0.1, 0.15) is 18.2 Å². The molecule has 0 spiro atoms. The van der Waals surface area contributed by atoms with Crippen molar-refractivity contribution in [2.45, 2.75) is 13.5 Å². The SMILES string of the molecule is Cc1cccc(OCc2ccc(F)c(C#CCN)c2)c1. The van der Waals surface area contributed by atoms with Crippen LogP contribution in [0.1, 0.15) is 16.7 Å². The summed E-state index contributed by atoms with van der Waals surface area (Å²) in [6, 6.07) is 12.6. The van der Waals surface area contributed by atoms with Crippen LogP contribution >= 0.6 is 0 Å². The van der Waals surface area contributed by atoms with Gasteiger partial charge in [-0.3, -0.25) is 0 Å². The van der Waals surface area contributed by atoms with E-state index in [4.69, 9.17) is 10.5 Å². The minimum Gasteiger partial charge on any atom is -0.489 e. The van der Waals surface area contributed by atoms with E-state index >= 15 is 0 Å². The minimum absolute atomic E-state index is 0.212. The average molecular weight is 269 g/mol. The fraction of sp³-hybridized carbons (Fsp3) is 0.176. The van der Waals surface area contributed by atoms with Crippen LogP contribution < -0.4 is 10.5 Å². The lowest BCUT2D eigenvalue weighted by Gasteiger charge is -2.07. The number of aryl methyl sites for hydroxylation is 1. The van der Waals surface area contributed by atoms with E-state index in [2.05, 4.69) is 11.8 Å². The molecule has 0 aliphatic heterocycles. The van der Waals surface area contributed by atoms with Crippen LogP contribution in [0.4, 0.5) is 4.39 Å². The molecule has 0 amide bonds. The molecule has 2 N–H and O–H groups in total. The van der Waals surface area contributed by atoms with Gasteiger partial charge in [0.15, 0.2) is 0 Å². The van der Waals surface area contributed by atoms with Crippen molar-refractivity contribution in [2.24, 2.45) is 5.73 Å². The van der Waals surface area contributed by atoms with Gasteiger partial charge in [0, 0.05) is 0 Å². The second kappa shape index (κ2) is 6.74. The lowest BCUT2D eigenvalue weighted by molar-refractivity contribution is 0.306. The Bertz CT molecular complexity index is 656. The van der Waals surface area contributed by atoms with Crippen LogP contribution in [0.2, 0.25) is 0 Å². The first kappa shape index (κ1) is 14.1. The molecule has 0 aliphatic rings. The molecule has 0 heterocycles. The van der Waals surface area contributed by atoms with E-state index in [0.717, 1.165) is 16.9 Å². The van der Waals surface area contributed by atoms with E-state index < -0.39 is 0 Å². The van der Waals surface area contributed by atoms with E-state index in [1.54, 1.807) is 12.1 Å². The van der Waals surface area contributed by atoms with E-state index in [1.807, 2.05) is 31.2 Å². The molecule has 0 aliphatic carbocycles. The maximum Gasteiger partial charge on any atom is 0.138 e. The minimum atomic E-state index is -0.342. The Morgan fingerprint density at radius 3 is 2.80 bits per heavy atom. The smallest absolute Gasteiger partial charge is 0.138 e. The highest BCUT2D eigenvalue weighted by molar-refractivity contribution is 5.38. The van der Waals surface area contributed by atoms with Crippen LogP contribution in [0.15, 0.2) is 42.5 Å². The van der Waals surface area contributed by atoms with Crippen LogP contribution in [0.25, 0.3) is 0 Å². The van der Waals surface area contributed by atoms with E-state index in [1.165, 1.54) is 6.07 Å². The van der Waals surface area contributed by atoms with Gasteiger partial charge in [-0.1, -0.05) is 30.0 Å². The van der Waals surface area contributed by atoms with Gasteiger partial charge in [0.05, 0.1) is 12.1 Å². The Morgan fingerprint density at radius 2 is 2.05 bits per heavy atom. The molecule has 102 valence electrons. The molecule has 2 aromatic rings. The van der Waals surface area contributed by atoms with Gasteiger partial charge in [0.25, 0.3) is 0 Å². The van der Waals surface area contributed by atoms with Crippen LogP contribution in [0.3, 0.4) is 0 Å². The summed E-state index contributed by atoms with van der Waals surface area (Å²) in [5.74, 6) is 5.82. The molecule has 0 saturated carbocycles. The molecule has 3 heteroatoms. The number of nitrogens with two attached hydrogens (primary N) is 1. The second-order valence-electron chi connectivity index (χ2n) is 4.43. The van der Waals surface area contributed by atoms with E-state index in [0.29, 0.717) is 12.2 Å². The summed E-state index contributed by atoms with van der Waals surface area (Å²) in [7, 11) is 0. The van der Waals surface area contributed by atoms with Crippen LogP contribution in [0, 0.1) is 24.6 Å². The quantitative estimate of drug-likeness (QED) is 0.869. The van der Waals surface area contributed by atoms with Crippen molar-refractivity contribution in [2.75, 3.05) is 6.54 Å². The van der Waals surface area contributed by atoms with Gasteiger partial charge < -0.3 is 10.5 Å². The summed E-state index contributed by atoms with van der Waals surface area (Å²) >= 11 is 0. The third-order valence-electron chi connectivity index (χ3n) is 2.75. The predicted octanol–water partition coefficient (Wildman–Crippen LogP) is 3.02. The highest BCUT2D eigenvalue weighted by Crippen LogP contribution is 2.16. The number of hydrogen-bond acceptors (Lipinski definition) is 2. The van der Waals surface area contributed by atoms with Crippen molar-refractivity contribution >= 4 is 0 Å². The van der Waals surface area contributed by atoms with Crippen molar-refractivity contribution in [3.05, 3.63) is 65.0 Å². The molecule has 0 atom stereocenters. The van der Waals surface area contributed by atoms with Gasteiger partial charge in [-0.25, -0.2) is 4.39 Å². The van der Waals surface area contributed by atoms with Crippen LogP contribution in [0.5, 0.6) is 5.75 Å². The van der Waals surface area contributed by atoms with E-state index in [-0.39, 0.29) is 12.4 Å². The third-order valence-corrected chi connectivity index (χ3v) is 2.75. The second-order valence-corrected chi connectivity index (χ2v) is 4.43. The summed E-state index contributed by atoms with van der Waals surface area (Å²) in [5, 5.41) is 0. The predicted molar refractivity (Wildman–Crippen MR) is 77.8 cm³/mol. The van der Waals surface area contributed by atoms with Crippen molar-refractivity contribution in [1.29, 1.82) is 0 Å². The zero-order chi connectivity index (χ0) is 14.4. The van der Waals surface area contributed by atoms with Gasteiger partial charge in [-0.2, -0.15) is 0 Å². The molecule has 2 aromatic carbocycles. The molecule has 2 nitrogen and oxygen atoms in total. The number of benzene rings is 2. The van der Waals surface area contributed by atoms with E-state index in [9.17, 15) is 4.39 Å². The molecule has 0 saturated heterocycles. The fourth-order valence-electron chi connectivity index (χ4n) is 1.78. The summed E-state index contributed by atoms with van der Waals surface area (Å²) < 4.78 is 19.2. The average Bonchev–Trinajstić information content (AvgIpc) is 2.45. The molecule has 0 fully saturated rings. The standard InChI is InChI=1S/C17H16FNO/c1-13-4-2-6-16(10-13)20-12-14-7-8-17(18)15(11-14)5-3-9-19/h2,4,6-8,10-11H,9,12,19H2,1H3. The first-order valence-corrected chi connectivity index (χ1v) is 6.36. The van der Waals surface area contributed by atoms with Crippen LogP contribution in [-0.2, 0) is 6.61 Å². The Hall–Kier alpha value is -2.31. The van der Waals surface area contributed by atoms with Crippen molar-refractivity contribution in [3.63, 3.8) is 0 Å². The van der Waals surface area contributed by atoms with Gasteiger partial charge in [-0.15, -0.1) is 0 Å². The molecule has 20 heavy (non-hydrogen) atoms. The van der Waals surface area contributed by atoms with Crippen molar-refractivity contribution < 1.29 is 9.13 Å². The first-order valence-electron chi connectivity index (χ1n) is 6.36. The number of ether oxygens (including phenoxy) is 1. The molecule has 0 bridgehead atoms. The van der Waals surface area contributed by atoms with Crippen LogP contribution in [-0.4, -0.2) is 6.54 Å². The monoisotopic (exact) mass is 269 g/mol. The number of rotatable bonds is 3. The first-order chi connectivity index (χ1) is 9.69. The summed E-state index contributed by atoms with van der Waals surface area (Å²) in [6.07, 6.45) is 0. The summed E-state index contributed by atoms with van der Waals surface area (Å²) in [6.45, 7) is 2.59. The Labute approximate surface area is 118 Å². The molecular weight excluding hydrogens is 253 g/mol. The third kappa shape index (κ3) is 3.84.